The second kappa shape index (κ2) is 5.88. The number of nitrogens with zero attached hydrogens (tertiary/aromatic N) is 1. The number of rotatable bonds is 5. The Bertz CT molecular complexity index is 469. The van der Waals surface area contributed by atoms with Crippen LogP contribution in [0.5, 0.6) is 0 Å². The van der Waals surface area contributed by atoms with Crippen LogP contribution in [0, 0.1) is 11.3 Å². The Balaban J connectivity index is 2.58. The summed E-state index contributed by atoms with van der Waals surface area (Å²) in [6.45, 7) is 7.66. The molecule has 1 aromatic carbocycles. The Labute approximate surface area is 115 Å². The van der Waals surface area contributed by atoms with Crippen molar-refractivity contribution in [1.29, 1.82) is 5.26 Å². The molecule has 1 N–H and O–H groups in total. The number of benzene rings is 1. The first-order chi connectivity index (χ1) is 8.77. The molecule has 3 nitrogen and oxygen atoms in total. The van der Waals surface area contributed by atoms with E-state index in [1.807, 2.05) is 18.2 Å². The fraction of sp³-hybridized carbons (Fsp3) is 0.500. The van der Waals surface area contributed by atoms with Crippen LogP contribution in [0.3, 0.4) is 0 Å². The number of carbonyl (C=O) groups excluding carboxylic acids is 1. The third-order valence-corrected chi connectivity index (χ3v) is 3.26. The lowest BCUT2D eigenvalue weighted by Crippen LogP contribution is -2.42. The maximum Gasteiger partial charge on any atom is 0.221 e. The van der Waals surface area contributed by atoms with E-state index in [0.717, 1.165) is 6.42 Å². The number of amides is 1. The van der Waals surface area contributed by atoms with Crippen LogP contribution >= 0.6 is 0 Å². The quantitative estimate of drug-likeness (QED) is 0.882. The first kappa shape index (κ1) is 15.2. The number of carbonyl (C=O) groups is 1. The summed E-state index contributed by atoms with van der Waals surface area (Å²) in [5, 5.41) is 11.6. The zero-order valence-electron chi connectivity index (χ0n) is 12.2. The van der Waals surface area contributed by atoms with Gasteiger partial charge in [-0.15, -0.1) is 0 Å². The molecule has 0 bridgehead atoms. The molecule has 0 aliphatic heterocycles. The average Bonchev–Trinajstić information content (AvgIpc) is 2.37. The number of hydrogen-bond donors (Lipinski definition) is 1. The van der Waals surface area contributed by atoms with Crippen LogP contribution in [0.15, 0.2) is 30.3 Å². The normalized spacial score (nSPS) is 11.7. The molecule has 0 radical (unpaired) electrons. The van der Waals surface area contributed by atoms with Crippen molar-refractivity contribution in [2.75, 3.05) is 0 Å². The molecule has 0 fully saturated rings. The predicted molar refractivity (Wildman–Crippen MR) is 76.5 cm³/mol. The van der Waals surface area contributed by atoms with Crippen molar-refractivity contribution in [1.82, 2.24) is 5.32 Å². The van der Waals surface area contributed by atoms with Crippen LogP contribution in [-0.2, 0) is 10.2 Å². The van der Waals surface area contributed by atoms with Gasteiger partial charge < -0.3 is 5.32 Å². The molecule has 0 aromatic heterocycles. The zero-order chi connectivity index (χ0) is 14.5. The van der Waals surface area contributed by atoms with E-state index in [2.05, 4.69) is 37.4 Å². The minimum atomic E-state index is -0.798. The van der Waals surface area contributed by atoms with Gasteiger partial charge in [0.2, 0.25) is 5.91 Å². The monoisotopic (exact) mass is 258 g/mol. The molecule has 1 amide bonds. The molecule has 19 heavy (non-hydrogen) atoms. The minimum absolute atomic E-state index is 0.0462. The highest BCUT2D eigenvalue weighted by Gasteiger charge is 2.24. The summed E-state index contributed by atoms with van der Waals surface area (Å²) in [4.78, 5) is 11.8. The molecule has 0 saturated heterocycles. The van der Waals surface area contributed by atoms with E-state index >= 15 is 0 Å². The van der Waals surface area contributed by atoms with Gasteiger partial charge in [-0.2, -0.15) is 5.26 Å². The van der Waals surface area contributed by atoms with Crippen LogP contribution in [-0.4, -0.2) is 11.4 Å². The van der Waals surface area contributed by atoms with Crippen LogP contribution < -0.4 is 5.32 Å². The summed E-state index contributed by atoms with van der Waals surface area (Å²) in [5.74, 6) is -0.0736. The molecule has 3 heteroatoms. The van der Waals surface area contributed by atoms with Crippen molar-refractivity contribution < 1.29 is 4.79 Å². The third-order valence-electron chi connectivity index (χ3n) is 3.26. The van der Waals surface area contributed by atoms with Gasteiger partial charge in [0.15, 0.2) is 0 Å². The lowest BCUT2D eigenvalue weighted by Gasteiger charge is -2.26. The second-order valence-corrected chi connectivity index (χ2v) is 6.03. The molecule has 0 aliphatic rings. The third kappa shape index (κ3) is 4.75. The summed E-state index contributed by atoms with van der Waals surface area (Å²) < 4.78 is 0. The van der Waals surface area contributed by atoms with Gasteiger partial charge in [-0.3, -0.25) is 4.79 Å². The molecule has 102 valence electrons. The summed E-state index contributed by atoms with van der Waals surface area (Å²) in [5.41, 5.74) is 0.381. The summed E-state index contributed by atoms with van der Waals surface area (Å²) in [6, 6.07) is 12.2. The molecule has 0 unspecified atom stereocenters. The Morgan fingerprint density at radius 2 is 1.79 bits per heavy atom. The zero-order valence-corrected chi connectivity index (χ0v) is 12.2. The largest absolute Gasteiger partial charge is 0.338 e. The van der Waals surface area contributed by atoms with Gasteiger partial charge in [0, 0.05) is 6.42 Å². The van der Waals surface area contributed by atoms with Crippen molar-refractivity contribution in [3.05, 3.63) is 35.9 Å². The van der Waals surface area contributed by atoms with E-state index in [1.165, 1.54) is 5.56 Å². The predicted octanol–water partition coefficient (Wildman–Crippen LogP) is 3.16. The minimum Gasteiger partial charge on any atom is -0.338 e. The molecular formula is C16H22N2O. The highest BCUT2D eigenvalue weighted by molar-refractivity contribution is 5.77. The van der Waals surface area contributed by atoms with Gasteiger partial charge in [0.1, 0.15) is 5.54 Å². The molecule has 0 aliphatic carbocycles. The summed E-state index contributed by atoms with van der Waals surface area (Å²) >= 11 is 0. The number of nitrogens with one attached hydrogen (secondary N) is 1. The SMILES string of the molecule is CC(C)(C#N)NC(=O)CCC(C)(C)c1ccccc1. The van der Waals surface area contributed by atoms with E-state index in [4.69, 9.17) is 5.26 Å². The maximum absolute atomic E-state index is 11.8. The molecule has 0 atom stereocenters. The van der Waals surface area contributed by atoms with Gasteiger partial charge >= 0.3 is 0 Å². The van der Waals surface area contributed by atoms with E-state index in [0.29, 0.717) is 6.42 Å². The molecule has 0 spiro atoms. The second-order valence-electron chi connectivity index (χ2n) is 6.03. The lowest BCUT2D eigenvalue weighted by molar-refractivity contribution is -0.122. The fourth-order valence-electron chi connectivity index (χ4n) is 1.90. The van der Waals surface area contributed by atoms with Crippen LogP contribution in [0.4, 0.5) is 0 Å². The Kier molecular flexibility index (Phi) is 4.72. The highest BCUT2D eigenvalue weighted by atomic mass is 16.1. The smallest absolute Gasteiger partial charge is 0.221 e. The van der Waals surface area contributed by atoms with Crippen LogP contribution in [0.25, 0.3) is 0 Å². The van der Waals surface area contributed by atoms with E-state index in [9.17, 15) is 4.79 Å². The van der Waals surface area contributed by atoms with Crippen molar-refractivity contribution in [3.63, 3.8) is 0 Å². The lowest BCUT2D eigenvalue weighted by atomic mass is 9.80. The van der Waals surface area contributed by atoms with Gasteiger partial charge in [-0.25, -0.2) is 0 Å². The van der Waals surface area contributed by atoms with Gasteiger partial charge in [0.25, 0.3) is 0 Å². The first-order valence-corrected chi connectivity index (χ1v) is 6.55. The van der Waals surface area contributed by atoms with Crippen molar-refractivity contribution >= 4 is 5.91 Å². The Morgan fingerprint density at radius 3 is 2.32 bits per heavy atom. The van der Waals surface area contributed by atoms with Crippen LogP contribution in [0.1, 0.15) is 46.1 Å². The van der Waals surface area contributed by atoms with Crippen LogP contribution in [0.2, 0.25) is 0 Å². The average molecular weight is 258 g/mol. The van der Waals surface area contributed by atoms with Crippen molar-refractivity contribution in [3.8, 4) is 6.07 Å². The first-order valence-electron chi connectivity index (χ1n) is 6.55. The molecule has 0 heterocycles. The van der Waals surface area contributed by atoms with Gasteiger partial charge in [0.05, 0.1) is 6.07 Å². The maximum atomic E-state index is 11.8. The number of hydrogen-bond acceptors (Lipinski definition) is 2. The van der Waals surface area contributed by atoms with Crippen molar-refractivity contribution in [2.45, 2.75) is 51.5 Å². The molecular weight excluding hydrogens is 236 g/mol. The summed E-state index contributed by atoms with van der Waals surface area (Å²) in [6.07, 6.45) is 1.18. The fourth-order valence-corrected chi connectivity index (χ4v) is 1.90. The Morgan fingerprint density at radius 1 is 1.21 bits per heavy atom. The Hall–Kier alpha value is -1.82. The van der Waals surface area contributed by atoms with Gasteiger partial charge in [-0.05, 0) is 31.2 Å². The molecule has 0 saturated carbocycles. The topological polar surface area (TPSA) is 52.9 Å². The molecule has 1 rings (SSSR count). The highest BCUT2D eigenvalue weighted by Crippen LogP contribution is 2.28. The van der Waals surface area contributed by atoms with E-state index < -0.39 is 5.54 Å². The van der Waals surface area contributed by atoms with E-state index in [1.54, 1.807) is 13.8 Å². The number of nitriles is 1. The summed E-state index contributed by atoms with van der Waals surface area (Å²) in [7, 11) is 0. The van der Waals surface area contributed by atoms with E-state index in [-0.39, 0.29) is 11.3 Å². The van der Waals surface area contributed by atoms with Crippen molar-refractivity contribution in [2.24, 2.45) is 0 Å². The standard InChI is InChI=1S/C16H22N2O/c1-15(2,13-8-6-5-7-9-13)11-10-14(19)18-16(3,4)12-17/h5-9H,10-11H2,1-4H3,(H,18,19). The molecule has 1 aromatic rings. The van der Waals surface area contributed by atoms with Gasteiger partial charge in [-0.1, -0.05) is 44.2 Å².